The number of hydrogen-bond acceptors (Lipinski definition) is 4. The Hall–Kier alpha value is -2.42. The van der Waals surface area contributed by atoms with Crippen molar-refractivity contribution in [3.63, 3.8) is 0 Å². The number of aliphatic hydroxyl groups excluding tert-OH is 1. The van der Waals surface area contributed by atoms with Gasteiger partial charge in [-0.05, 0) is 62.3 Å². The SMILES string of the molecule is CCCCC[C@@H](O)c1c(C#N)cccc1C1(CCCc2ccc(C(=O)O)s2)C=CCC1. The van der Waals surface area contributed by atoms with Crippen molar-refractivity contribution in [3.8, 4) is 6.07 Å². The van der Waals surface area contributed by atoms with Gasteiger partial charge in [0, 0.05) is 15.9 Å². The number of rotatable bonds is 11. The number of unbranched alkanes of at least 4 members (excludes halogenated alkanes) is 2. The molecule has 3 rings (SSSR count). The second kappa shape index (κ2) is 10.7. The van der Waals surface area contributed by atoms with Crippen LogP contribution in [-0.4, -0.2) is 16.2 Å². The van der Waals surface area contributed by atoms with E-state index in [0.29, 0.717) is 16.9 Å². The molecule has 4 nitrogen and oxygen atoms in total. The average Bonchev–Trinajstić information content (AvgIpc) is 3.44. The largest absolute Gasteiger partial charge is 0.477 e. The Morgan fingerprint density at radius 2 is 2.10 bits per heavy atom. The standard InChI is InChI=1S/C26H31NO3S/c1-2-3-4-12-22(28)24-19(18-27)9-7-11-21(24)26(15-5-6-16-26)17-8-10-20-13-14-23(31-20)25(29)30/h5,7,9,11,13-15,22,28H,2-4,6,8,10,12,16-17H2,1H3,(H,29,30)/t22-,26?/m1/s1. The molecule has 0 saturated carbocycles. The van der Waals surface area contributed by atoms with Crippen LogP contribution in [0.2, 0.25) is 0 Å². The molecule has 1 aromatic heterocycles. The molecule has 1 aliphatic carbocycles. The maximum atomic E-state index is 11.1. The molecule has 0 radical (unpaired) electrons. The summed E-state index contributed by atoms with van der Waals surface area (Å²) < 4.78 is 0. The third kappa shape index (κ3) is 5.44. The summed E-state index contributed by atoms with van der Waals surface area (Å²) in [6.45, 7) is 2.15. The lowest BCUT2D eigenvalue weighted by Gasteiger charge is -2.32. The van der Waals surface area contributed by atoms with E-state index in [0.717, 1.165) is 67.4 Å². The minimum Gasteiger partial charge on any atom is -0.477 e. The first-order valence-corrected chi connectivity index (χ1v) is 12.0. The van der Waals surface area contributed by atoms with Crippen LogP contribution < -0.4 is 0 Å². The van der Waals surface area contributed by atoms with Crippen LogP contribution in [0.3, 0.4) is 0 Å². The van der Waals surface area contributed by atoms with E-state index in [9.17, 15) is 15.2 Å². The number of aliphatic hydroxyl groups is 1. The normalized spacial score (nSPS) is 18.7. The lowest BCUT2D eigenvalue weighted by molar-refractivity contribution is 0.0702. The molecule has 0 fully saturated rings. The van der Waals surface area contributed by atoms with Crippen molar-refractivity contribution < 1.29 is 15.0 Å². The fourth-order valence-corrected chi connectivity index (χ4v) is 5.58. The number of carbonyl (C=O) groups is 1. The highest BCUT2D eigenvalue weighted by Gasteiger charge is 2.35. The summed E-state index contributed by atoms with van der Waals surface area (Å²) in [5, 5.41) is 29.9. The summed E-state index contributed by atoms with van der Waals surface area (Å²) in [4.78, 5) is 12.6. The zero-order valence-electron chi connectivity index (χ0n) is 18.1. The van der Waals surface area contributed by atoms with Crippen LogP contribution >= 0.6 is 11.3 Å². The van der Waals surface area contributed by atoms with E-state index in [1.54, 1.807) is 6.07 Å². The van der Waals surface area contributed by atoms with Gasteiger partial charge in [-0.3, -0.25) is 0 Å². The van der Waals surface area contributed by atoms with Crippen LogP contribution in [0.1, 0.15) is 95.6 Å². The van der Waals surface area contributed by atoms with Crippen molar-refractivity contribution in [1.82, 2.24) is 0 Å². The smallest absolute Gasteiger partial charge is 0.345 e. The molecule has 0 spiro atoms. The number of nitriles is 1. The number of carboxylic acid groups (broad SMARTS) is 1. The number of nitrogens with zero attached hydrogens (tertiary/aromatic N) is 1. The Morgan fingerprint density at radius 3 is 2.74 bits per heavy atom. The van der Waals surface area contributed by atoms with Crippen molar-refractivity contribution in [2.75, 3.05) is 0 Å². The van der Waals surface area contributed by atoms with Gasteiger partial charge in [-0.1, -0.05) is 50.5 Å². The zero-order chi connectivity index (χ0) is 22.3. The Kier molecular flexibility index (Phi) is 8.06. The van der Waals surface area contributed by atoms with E-state index in [-0.39, 0.29) is 5.41 Å². The number of thiophene rings is 1. The summed E-state index contributed by atoms with van der Waals surface area (Å²) in [7, 11) is 0. The van der Waals surface area contributed by atoms with E-state index >= 15 is 0 Å². The quantitative estimate of drug-likeness (QED) is 0.309. The first-order chi connectivity index (χ1) is 15.0. The van der Waals surface area contributed by atoms with Crippen LogP contribution in [0.4, 0.5) is 0 Å². The molecule has 1 aromatic carbocycles. The summed E-state index contributed by atoms with van der Waals surface area (Å²) >= 11 is 1.34. The number of aryl methyl sites for hydroxylation is 1. The monoisotopic (exact) mass is 437 g/mol. The highest BCUT2D eigenvalue weighted by atomic mass is 32.1. The number of allylic oxidation sites excluding steroid dienone is 2. The number of benzene rings is 1. The van der Waals surface area contributed by atoms with E-state index < -0.39 is 12.1 Å². The van der Waals surface area contributed by atoms with Crippen molar-refractivity contribution in [1.29, 1.82) is 5.26 Å². The lowest BCUT2D eigenvalue weighted by Crippen LogP contribution is -2.25. The van der Waals surface area contributed by atoms with Gasteiger partial charge in [0.05, 0.1) is 17.7 Å². The summed E-state index contributed by atoms with van der Waals surface area (Å²) in [5.74, 6) is -0.874. The summed E-state index contributed by atoms with van der Waals surface area (Å²) in [6, 6.07) is 11.7. The molecule has 0 saturated heterocycles. The molecule has 5 heteroatoms. The van der Waals surface area contributed by atoms with Gasteiger partial charge in [0.15, 0.2) is 0 Å². The van der Waals surface area contributed by atoms with Crippen LogP contribution in [0.15, 0.2) is 42.5 Å². The molecule has 2 N–H and O–H groups in total. The molecule has 0 aliphatic heterocycles. The number of aromatic carboxylic acids is 1. The second-order valence-electron chi connectivity index (χ2n) is 8.41. The number of hydrogen-bond donors (Lipinski definition) is 2. The third-order valence-corrected chi connectivity index (χ3v) is 7.42. The Morgan fingerprint density at radius 1 is 1.26 bits per heavy atom. The molecule has 2 atom stereocenters. The van der Waals surface area contributed by atoms with Gasteiger partial charge in [-0.25, -0.2) is 4.79 Å². The Bertz CT molecular complexity index is 971. The van der Waals surface area contributed by atoms with E-state index in [4.69, 9.17) is 5.11 Å². The molecule has 1 unspecified atom stereocenters. The fourth-order valence-electron chi connectivity index (χ4n) is 4.69. The maximum absolute atomic E-state index is 11.1. The fraction of sp³-hybridized carbons (Fsp3) is 0.462. The Labute approximate surface area is 188 Å². The van der Waals surface area contributed by atoms with Crippen LogP contribution in [-0.2, 0) is 11.8 Å². The molecule has 1 heterocycles. The van der Waals surface area contributed by atoms with Gasteiger partial charge in [0.2, 0.25) is 0 Å². The first kappa shape index (κ1) is 23.2. The number of carboxylic acids is 1. The van der Waals surface area contributed by atoms with Crippen molar-refractivity contribution >= 4 is 17.3 Å². The van der Waals surface area contributed by atoms with Gasteiger partial charge >= 0.3 is 5.97 Å². The minimum absolute atomic E-state index is 0.180. The van der Waals surface area contributed by atoms with E-state index in [1.165, 1.54) is 11.3 Å². The van der Waals surface area contributed by atoms with Gasteiger partial charge < -0.3 is 10.2 Å². The molecule has 164 valence electrons. The first-order valence-electron chi connectivity index (χ1n) is 11.2. The minimum atomic E-state index is -0.874. The lowest BCUT2D eigenvalue weighted by atomic mass is 9.72. The van der Waals surface area contributed by atoms with Crippen LogP contribution in [0, 0.1) is 11.3 Å². The van der Waals surface area contributed by atoms with Crippen LogP contribution in [0.25, 0.3) is 0 Å². The molecule has 0 amide bonds. The summed E-state index contributed by atoms with van der Waals surface area (Å²) in [6.07, 6.45) is 12.3. The highest BCUT2D eigenvalue weighted by Crippen LogP contribution is 2.44. The third-order valence-electron chi connectivity index (χ3n) is 6.29. The van der Waals surface area contributed by atoms with Gasteiger partial charge in [-0.2, -0.15) is 5.26 Å². The summed E-state index contributed by atoms with van der Waals surface area (Å²) in [5.41, 5.74) is 2.28. The maximum Gasteiger partial charge on any atom is 0.345 e. The van der Waals surface area contributed by atoms with Crippen LogP contribution in [0.5, 0.6) is 0 Å². The van der Waals surface area contributed by atoms with Gasteiger partial charge in [-0.15, -0.1) is 11.3 Å². The molecule has 2 aromatic rings. The van der Waals surface area contributed by atoms with E-state index in [1.807, 2.05) is 18.2 Å². The zero-order valence-corrected chi connectivity index (χ0v) is 19.0. The Balaban J connectivity index is 1.83. The second-order valence-corrected chi connectivity index (χ2v) is 9.58. The van der Waals surface area contributed by atoms with Crippen molar-refractivity contribution in [2.45, 2.75) is 76.2 Å². The molecular weight excluding hydrogens is 406 g/mol. The molecular formula is C26H31NO3S. The molecule has 0 bridgehead atoms. The van der Waals surface area contributed by atoms with Crippen molar-refractivity contribution in [3.05, 3.63) is 68.9 Å². The van der Waals surface area contributed by atoms with Gasteiger partial charge in [0.1, 0.15) is 4.88 Å². The van der Waals surface area contributed by atoms with Gasteiger partial charge in [0.25, 0.3) is 0 Å². The van der Waals surface area contributed by atoms with E-state index in [2.05, 4.69) is 31.2 Å². The molecule has 1 aliphatic rings. The molecule has 31 heavy (non-hydrogen) atoms. The highest BCUT2D eigenvalue weighted by molar-refractivity contribution is 7.13. The average molecular weight is 438 g/mol. The predicted octanol–water partition coefficient (Wildman–Crippen LogP) is 6.54. The topological polar surface area (TPSA) is 81.3 Å². The van der Waals surface area contributed by atoms with Crippen molar-refractivity contribution in [2.24, 2.45) is 0 Å². The predicted molar refractivity (Wildman–Crippen MR) is 125 cm³/mol.